The van der Waals surface area contributed by atoms with Crippen LogP contribution in [0.5, 0.6) is 0 Å². The Balaban J connectivity index is 1.52. The first kappa shape index (κ1) is 34.3. The van der Waals surface area contributed by atoms with Crippen LogP contribution in [0.4, 0.5) is 0 Å². The number of rotatable bonds is 12. The largest absolute Gasteiger partial charge is 0.406 e. The third-order valence-corrected chi connectivity index (χ3v) is 17.0. The van der Waals surface area contributed by atoms with Crippen LogP contribution in [-0.2, 0) is 30.9 Å². The van der Waals surface area contributed by atoms with E-state index >= 15 is 0 Å². The average Bonchev–Trinajstić information content (AvgIpc) is 3.44. The summed E-state index contributed by atoms with van der Waals surface area (Å²) in [7, 11) is -6.49. The summed E-state index contributed by atoms with van der Waals surface area (Å²) in [6.45, 7) is 14.1. The summed E-state index contributed by atoms with van der Waals surface area (Å²) in [4.78, 5) is 13.4. The number of carbonyl (C=O) groups is 1. The van der Waals surface area contributed by atoms with Gasteiger partial charge in [0.25, 0.3) is 8.32 Å². The van der Waals surface area contributed by atoms with Gasteiger partial charge in [-0.3, -0.25) is 4.79 Å². The van der Waals surface area contributed by atoms with Gasteiger partial charge in [0.15, 0.2) is 15.6 Å². The molecule has 0 radical (unpaired) electrons. The first-order valence-electron chi connectivity index (χ1n) is 15.6. The van der Waals surface area contributed by atoms with Gasteiger partial charge in [0.2, 0.25) is 0 Å². The van der Waals surface area contributed by atoms with E-state index in [1.165, 1.54) is 24.2 Å². The van der Waals surface area contributed by atoms with Gasteiger partial charge in [-0.05, 0) is 60.9 Å². The lowest BCUT2D eigenvalue weighted by Crippen LogP contribution is -2.67. The van der Waals surface area contributed by atoms with E-state index in [0.717, 1.165) is 0 Å². The summed E-state index contributed by atoms with van der Waals surface area (Å²) < 4.78 is 37.9. The average molecular weight is 640 g/mol. The number of aliphatic hydroxyl groups is 1. The molecule has 0 unspecified atom stereocenters. The van der Waals surface area contributed by atoms with Crippen molar-refractivity contribution >= 4 is 34.3 Å². The molecule has 9 heteroatoms. The number of nitrogens with zero attached hydrogens (tertiary/aromatic N) is 1. The lowest BCUT2D eigenvalue weighted by atomic mass is 9.89. The van der Waals surface area contributed by atoms with Crippen molar-refractivity contribution in [3.05, 3.63) is 78.2 Å². The van der Waals surface area contributed by atoms with Gasteiger partial charge in [-0.15, -0.1) is 0 Å². The highest BCUT2D eigenvalue weighted by Crippen LogP contribution is 2.38. The van der Waals surface area contributed by atoms with Gasteiger partial charge in [-0.1, -0.05) is 100 Å². The SMILES string of the molecule is CC(C)(CO[Si](c1ccccc1)(c1ccccc1)C(C)(C)C)c1cc(CC(=O)C(C)(C)S(=O)(=O)CC2CCC(O)CC2)on1. The van der Waals surface area contributed by atoms with Crippen molar-refractivity contribution in [2.24, 2.45) is 5.92 Å². The van der Waals surface area contributed by atoms with E-state index < -0.39 is 34.1 Å². The zero-order valence-corrected chi connectivity index (χ0v) is 29.1. The molecule has 1 aliphatic rings. The highest BCUT2D eigenvalue weighted by Gasteiger charge is 2.51. The number of carbonyl (C=O) groups excluding carboxylic acids is 1. The molecule has 2 aromatic carbocycles. The van der Waals surface area contributed by atoms with Crippen LogP contribution in [0.15, 0.2) is 71.3 Å². The molecule has 7 nitrogen and oxygen atoms in total. The van der Waals surface area contributed by atoms with Gasteiger partial charge >= 0.3 is 0 Å². The van der Waals surface area contributed by atoms with Crippen LogP contribution in [0.25, 0.3) is 0 Å². The van der Waals surface area contributed by atoms with Crippen molar-refractivity contribution in [3.8, 4) is 0 Å². The normalized spacial score (nSPS) is 18.7. The van der Waals surface area contributed by atoms with Gasteiger partial charge < -0.3 is 14.1 Å². The number of Topliss-reactive ketones (excluding diaryl/α,β-unsaturated/α-hetero) is 1. The topological polar surface area (TPSA) is 107 Å². The minimum atomic E-state index is -3.72. The van der Waals surface area contributed by atoms with Crippen LogP contribution >= 0.6 is 0 Å². The van der Waals surface area contributed by atoms with Crippen LogP contribution in [0.1, 0.15) is 85.6 Å². The van der Waals surface area contributed by atoms with E-state index in [-0.39, 0.29) is 29.2 Å². The first-order valence-corrected chi connectivity index (χ1v) is 19.2. The molecule has 44 heavy (non-hydrogen) atoms. The Hall–Kier alpha value is -2.59. The summed E-state index contributed by atoms with van der Waals surface area (Å²) in [5.74, 6) is -0.166. The van der Waals surface area contributed by atoms with E-state index in [1.54, 1.807) is 6.07 Å². The molecule has 0 spiro atoms. The number of hydrogen-bond acceptors (Lipinski definition) is 7. The molecule has 0 amide bonds. The fourth-order valence-electron chi connectivity index (χ4n) is 6.21. The number of aromatic nitrogens is 1. The number of ketones is 1. The minimum absolute atomic E-state index is 0.0382. The summed E-state index contributed by atoms with van der Waals surface area (Å²) in [5.41, 5.74) is 0.102. The molecule has 0 bridgehead atoms. The Labute approximate surface area is 264 Å². The zero-order valence-electron chi connectivity index (χ0n) is 27.3. The minimum Gasteiger partial charge on any atom is -0.406 e. The second-order valence-electron chi connectivity index (χ2n) is 14.6. The molecule has 0 saturated heterocycles. The highest BCUT2D eigenvalue weighted by molar-refractivity contribution is 7.93. The maximum absolute atomic E-state index is 13.4. The second-order valence-corrected chi connectivity index (χ2v) is 21.5. The van der Waals surface area contributed by atoms with Gasteiger partial charge in [0, 0.05) is 18.1 Å². The quantitative estimate of drug-likeness (QED) is 0.265. The molecule has 1 saturated carbocycles. The first-order chi connectivity index (χ1) is 20.5. The van der Waals surface area contributed by atoms with Crippen molar-refractivity contribution in [1.29, 1.82) is 0 Å². The lowest BCUT2D eigenvalue weighted by molar-refractivity contribution is -0.120. The molecule has 1 heterocycles. The fraction of sp³-hybridized carbons (Fsp3) is 0.543. The van der Waals surface area contributed by atoms with Crippen molar-refractivity contribution < 1.29 is 27.3 Å². The Morgan fingerprint density at radius 3 is 1.93 bits per heavy atom. The van der Waals surface area contributed by atoms with Gasteiger partial charge in [-0.2, -0.15) is 0 Å². The third kappa shape index (κ3) is 7.11. The Morgan fingerprint density at radius 2 is 1.43 bits per heavy atom. The molecule has 0 atom stereocenters. The Kier molecular flexibility index (Phi) is 10.1. The number of hydrogen-bond donors (Lipinski definition) is 1. The molecule has 240 valence electrons. The Bertz CT molecular complexity index is 1460. The van der Waals surface area contributed by atoms with Crippen molar-refractivity contribution in [1.82, 2.24) is 5.16 Å². The van der Waals surface area contributed by atoms with Crippen LogP contribution < -0.4 is 10.4 Å². The summed E-state index contributed by atoms with van der Waals surface area (Å²) in [6, 6.07) is 22.7. The molecule has 1 aliphatic carbocycles. The van der Waals surface area contributed by atoms with Crippen molar-refractivity contribution in [2.75, 3.05) is 12.4 Å². The second kappa shape index (κ2) is 13.0. The maximum Gasteiger partial charge on any atom is 0.261 e. The van der Waals surface area contributed by atoms with E-state index in [1.807, 2.05) is 26.0 Å². The summed E-state index contributed by atoms with van der Waals surface area (Å²) in [5, 5.41) is 16.3. The molecule has 3 aromatic rings. The molecule has 1 N–H and O–H groups in total. The van der Waals surface area contributed by atoms with Crippen LogP contribution in [0.3, 0.4) is 0 Å². The molecular formula is C35H49NO6SSi. The number of sulfone groups is 1. The molecular weight excluding hydrogens is 591 g/mol. The smallest absolute Gasteiger partial charge is 0.261 e. The number of benzene rings is 2. The van der Waals surface area contributed by atoms with E-state index in [0.29, 0.717) is 43.7 Å². The van der Waals surface area contributed by atoms with Crippen molar-refractivity contribution in [2.45, 2.75) is 102 Å². The van der Waals surface area contributed by atoms with Crippen LogP contribution in [0.2, 0.25) is 5.04 Å². The number of aliphatic hydroxyl groups excluding tert-OH is 1. The Morgan fingerprint density at radius 1 is 0.909 bits per heavy atom. The van der Waals surface area contributed by atoms with Gasteiger partial charge in [-0.25, -0.2) is 8.42 Å². The van der Waals surface area contributed by atoms with Crippen LogP contribution in [0, 0.1) is 5.92 Å². The maximum atomic E-state index is 13.4. The zero-order chi connectivity index (χ0) is 32.4. The molecule has 4 rings (SSSR count). The standard InChI is InChI=1S/C35H49NO6SSi/c1-33(2,3)44(29-14-10-8-11-15-29,30-16-12-9-13-17-30)41-25-34(4,5)31-22-28(42-36-31)23-32(38)35(6,7)43(39,40)24-26-18-20-27(37)21-19-26/h8-17,22,26-27,37H,18-21,23-25H2,1-7H3. The fourth-order valence-corrected chi connectivity index (χ4v) is 12.7. The highest BCUT2D eigenvalue weighted by atomic mass is 32.2. The van der Waals surface area contributed by atoms with E-state index in [9.17, 15) is 18.3 Å². The van der Waals surface area contributed by atoms with Crippen LogP contribution in [-0.4, -0.2) is 56.0 Å². The van der Waals surface area contributed by atoms with E-state index in [2.05, 4.69) is 74.5 Å². The van der Waals surface area contributed by atoms with E-state index in [4.69, 9.17) is 8.95 Å². The third-order valence-electron chi connectivity index (χ3n) is 9.37. The lowest BCUT2D eigenvalue weighted by Gasteiger charge is -2.44. The van der Waals surface area contributed by atoms with Gasteiger partial charge in [0.1, 0.15) is 10.5 Å². The molecule has 1 aromatic heterocycles. The molecule has 1 fully saturated rings. The predicted octanol–water partition coefficient (Wildman–Crippen LogP) is 5.38. The summed E-state index contributed by atoms with van der Waals surface area (Å²) >= 11 is 0. The van der Waals surface area contributed by atoms with Crippen molar-refractivity contribution in [3.63, 3.8) is 0 Å². The van der Waals surface area contributed by atoms with Gasteiger partial charge in [0.05, 0.1) is 24.0 Å². The monoisotopic (exact) mass is 639 g/mol. The summed E-state index contributed by atoms with van der Waals surface area (Å²) in [6.07, 6.45) is 2.00. The molecule has 0 aliphatic heterocycles. The predicted molar refractivity (Wildman–Crippen MR) is 178 cm³/mol.